The van der Waals surface area contributed by atoms with Crippen LogP contribution in [0.25, 0.3) is 0 Å². The largest absolute Gasteiger partial charge is 0.326 e. The van der Waals surface area contributed by atoms with Crippen LogP contribution in [0.15, 0.2) is 47.6 Å². The van der Waals surface area contributed by atoms with E-state index in [-0.39, 0.29) is 12.5 Å². The molecule has 0 aromatic heterocycles. The van der Waals surface area contributed by atoms with Crippen molar-refractivity contribution in [2.45, 2.75) is 27.7 Å². The number of nitrogens with zero attached hydrogens (tertiary/aromatic N) is 2. The van der Waals surface area contributed by atoms with E-state index >= 15 is 0 Å². The predicted octanol–water partition coefficient (Wildman–Crippen LogP) is 2.57. The molecule has 8 nitrogen and oxygen atoms in total. The third kappa shape index (κ3) is 6.15. The molecular formula is C21H26N4O4S. The summed E-state index contributed by atoms with van der Waals surface area (Å²) in [5.74, 6) is -0.725. The van der Waals surface area contributed by atoms with Crippen LogP contribution in [0.1, 0.15) is 30.5 Å². The highest BCUT2D eigenvalue weighted by Crippen LogP contribution is 2.26. The summed E-state index contributed by atoms with van der Waals surface area (Å²) in [5, 5.41) is 6.74. The van der Waals surface area contributed by atoms with Crippen molar-refractivity contribution in [2.24, 2.45) is 5.10 Å². The second-order valence-electron chi connectivity index (χ2n) is 7.00. The molecule has 0 heterocycles. The summed E-state index contributed by atoms with van der Waals surface area (Å²) >= 11 is 0. The third-order valence-electron chi connectivity index (χ3n) is 4.35. The van der Waals surface area contributed by atoms with Crippen molar-refractivity contribution in [3.8, 4) is 0 Å². The van der Waals surface area contributed by atoms with Crippen LogP contribution in [0.4, 0.5) is 11.4 Å². The topological polar surface area (TPSA) is 108 Å². The smallest absolute Gasteiger partial charge is 0.260 e. The van der Waals surface area contributed by atoms with Gasteiger partial charge in [0.15, 0.2) is 0 Å². The number of hydrazone groups is 1. The molecule has 2 rings (SSSR count). The van der Waals surface area contributed by atoms with E-state index in [1.807, 2.05) is 6.07 Å². The van der Waals surface area contributed by atoms with Gasteiger partial charge in [-0.15, -0.1) is 0 Å². The van der Waals surface area contributed by atoms with Crippen LogP contribution in [0.2, 0.25) is 0 Å². The van der Waals surface area contributed by atoms with E-state index in [2.05, 4.69) is 15.8 Å². The number of benzene rings is 2. The molecule has 0 radical (unpaired) electrons. The molecule has 0 aliphatic rings. The van der Waals surface area contributed by atoms with Crippen LogP contribution < -0.4 is 15.0 Å². The molecule has 30 heavy (non-hydrogen) atoms. The molecule has 160 valence electrons. The molecule has 0 saturated carbocycles. The second kappa shape index (κ2) is 9.53. The molecule has 2 aromatic carbocycles. The summed E-state index contributed by atoms with van der Waals surface area (Å²) in [4.78, 5) is 23.5. The lowest BCUT2D eigenvalue weighted by molar-refractivity contribution is -0.119. The van der Waals surface area contributed by atoms with E-state index in [9.17, 15) is 18.0 Å². The lowest BCUT2D eigenvalue weighted by Crippen LogP contribution is -2.40. The van der Waals surface area contributed by atoms with Gasteiger partial charge in [0, 0.05) is 12.6 Å². The Hall–Kier alpha value is -3.20. The molecule has 9 heteroatoms. The molecule has 0 fully saturated rings. The normalized spacial score (nSPS) is 11.7. The Morgan fingerprint density at radius 3 is 2.07 bits per heavy atom. The van der Waals surface area contributed by atoms with E-state index in [4.69, 9.17) is 0 Å². The maximum absolute atomic E-state index is 12.4. The summed E-state index contributed by atoms with van der Waals surface area (Å²) in [6.45, 7) is 6.35. The Morgan fingerprint density at radius 1 is 1.00 bits per heavy atom. The fourth-order valence-corrected chi connectivity index (χ4v) is 3.91. The van der Waals surface area contributed by atoms with Gasteiger partial charge in [0.2, 0.25) is 15.9 Å². The average Bonchev–Trinajstić information content (AvgIpc) is 2.64. The van der Waals surface area contributed by atoms with Crippen LogP contribution in [0.3, 0.4) is 0 Å². The van der Waals surface area contributed by atoms with Crippen molar-refractivity contribution in [3.05, 3.63) is 59.2 Å². The molecule has 0 atom stereocenters. The summed E-state index contributed by atoms with van der Waals surface area (Å²) in [5.41, 5.74) is 6.36. The lowest BCUT2D eigenvalue weighted by Gasteiger charge is -2.25. The van der Waals surface area contributed by atoms with Crippen LogP contribution in [-0.2, 0) is 19.6 Å². The highest BCUT2D eigenvalue weighted by molar-refractivity contribution is 7.92. The quantitative estimate of drug-likeness (QED) is 0.520. The number of para-hydroxylation sites is 1. The van der Waals surface area contributed by atoms with Crippen LogP contribution in [0.5, 0.6) is 0 Å². The first-order valence-electron chi connectivity index (χ1n) is 9.24. The Balaban J connectivity index is 2.15. The second-order valence-corrected chi connectivity index (χ2v) is 8.91. The molecule has 2 aromatic rings. The summed E-state index contributed by atoms with van der Waals surface area (Å²) < 4.78 is 25.7. The number of sulfonamides is 1. The van der Waals surface area contributed by atoms with Gasteiger partial charge >= 0.3 is 0 Å². The van der Waals surface area contributed by atoms with Gasteiger partial charge in [-0.1, -0.05) is 30.3 Å². The molecule has 0 aliphatic heterocycles. The minimum Gasteiger partial charge on any atom is -0.326 e. The minimum atomic E-state index is -3.67. The van der Waals surface area contributed by atoms with Crippen LogP contribution >= 0.6 is 0 Å². The Bertz CT molecular complexity index is 1060. The average molecular weight is 431 g/mol. The molecule has 2 N–H and O–H groups in total. The number of hydrogen-bond acceptors (Lipinski definition) is 5. The number of amides is 2. The number of aryl methyl sites for hydroxylation is 2. The first kappa shape index (κ1) is 23.1. The van der Waals surface area contributed by atoms with Gasteiger partial charge in [0.1, 0.15) is 6.54 Å². The first-order chi connectivity index (χ1) is 14.0. The van der Waals surface area contributed by atoms with Gasteiger partial charge < -0.3 is 5.32 Å². The highest BCUT2D eigenvalue weighted by atomic mass is 32.2. The third-order valence-corrected chi connectivity index (χ3v) is 5.46. The number of hydrogen-bond donors (Lipinski definition) is 2. The van der Waals surface area contributed by atoms with Crippen molar-refractivity contribution >= 4 is 38.9 Å². The minimum absolute atomic E-state index is 0.167. The summed E-state index contributed by atoms with van der Waals surface area (Å²) in [6, 6.07) is 12.4. The molecule has 0 aliphatic carbocycles. The fraction of sp³-hybridized carbons (Fsp3) is 0.286. The van der Waals surface area contributed by atoms with Crippen molar-refractivity contribution < 1.29 is 18.0 Å². The molecule has 0 saturated heterocycles. The zero-order valence-corrected chi connectivity index (χ0v) is 18.5. The number of nitrogens with one attached hydrogen (secondary N) is 2. The SMILES string of the molecule is CC(=O)Nc1ccc(/C(C)=N\NC(=O)CN(c2c(C)cccc2C)S(C)(=O)=O)cc1. The van der Waals surface area contributed by atoms with Gasteiger partial charge in [-0.3, -0.25) is 13.9 Å². The molecule has 2 amide bonds. The standard InChI is InChI=1S/C21H26N4O4S/c1-14-7-6-8-15(2)21(14)25(30(5,28)29)13-20(27)24-23-16(3)18-9-11-19(12-10-18)22-17(4)26/h6-12H,13H2,1-5H3,(H,22,26)(H,24,27)/b23-16-. The Labute approximate surface area is 177 Å². The zero-order chi connectivity index (χ0) is 22.5. The van der Waals surface area contributed by atoms with E-state index in [0.717, 1.165) is 27.3 Å². The van der Waals surface area contributed by atoms with E-state index < -0.39 is 15.9 Å². The van der Waals surface area contributed by atoms with Crippen LogP contribution in [0, 0.1) is 13.8 Å². The van der Waals surface area contributed by atoms with Crippen molar-refractivity contribution in [2.75, 3.05) is 22.4 Å². The summed E-state index contributed by atoms with van der Waals surface area (Å²) in [6.07, 6.45) is 1.07. The number of rotatable bonds is 7. The fourth-order valence-electron chi connectivity index (χ4n) is 2.94. The summed E-state index contributed by atoms with van der Waals surface area (Å²) in [7, 11) is -3.67. The zero-order valence-electron chi connectivity index (χ0n) is 17.7. The van der Waals surface area contributed by atoms with Crippen LogP contribution in [-0.4, -0.2) is 38.7 Å². The molecular weight excluding hydrogens is 404 g/mol. The monoisotopic (exact) mass is 430 g/mol. The number of anilines is 2. The maximum atomic E-state index is 12.4. The van der Waals surface area contributed by atoms with E-state index in [1.54, 1.807) is 57.2 Å². The first-order valence-corrected chi connectivity index (χ1v) is 11.1. The molecule has 0 unspecified atom stereocenters. The van der Waals surface area contributed by atoms with Gasteiger partial charge in [-0.25, -0.2) is 13.8 Å². The predicted molar refractivity (Wildman–Crippen MR) is 119 cm³/mol. The van der Waals surface area contributed by atoms with Crippen molar-refractivity contribution in [1.29, 1.82) is 0 Å². The molecule has 0 spiro atoms. The van der Waals surface area contributed by atoms with Gasteiger partial charge in [0.25, 0.3) is 5.91 Å². The highest BCUT2D eigenvalue weighted by Gasteiger charge is 2.23. The van der Waals surface area contributed by atoms with E-state index in [1.165, 1.54) is 6.92 Å². The number of carbonyl (C=O) groups is 2. The maximum Gasteiger partial charge on any atom is 0.260 e. The van der Waals surface area contributed by atoms with Gasteiger partial charge in [0.05, 0.1) is 17.7 Å². The van der Waals surface area contributed by atoms with Crippen molar-refractivity contribution in [1.82, 2.24) is 5.43 Å². The van der Waals surface area contributed by atoms with E-state index in [0.29, 0.717) is 17.1 Å². The Kier molecular flexibility index (Phi) is 7.33. The number of carbonyl (C=O) groups excluding carboxylic acids is 2. The molecule has 0 bridgehead atoms. The van der Waals surface area contributed by atoms with Gasteiger partial charge in [-0.05, 0) is 49.6 Å². The Morgan fingerprint density at radius 2 is 1.57 bits per heavy atom. The van der Waals surface area contributed by atoms with Crippen molar-refractivity contribution in [3.63, 3.8) is 0 Å². The lowest BCUT2D eigenvalue weighted by atomic mass is 10.1. The van der Waals surface area contributed by atoms with Gasteiger partial charge in [-0.2, -0.15) is 5.10 Å².